The van der Waals surface area contributed by atoms with Crippen molar-refractivity contribution < 1.29 is 23.1 Å². The van der Waals surface area contributed by atoms with E-state index in [1.54, 1.807) is 29.2 Å². The predicted molar refractivity (Wildman–Crippen MR) is 127 cm³/mol. The van der Waals surface area contributed by atoms with Gasteiger partial charge in [-0.1, -0.05) is 54.6 Å². The van der Waals surface area contributed by atoms with Gasteiger partial charge in [0.15, 0.2) is 0 Å². The first-order chi connectivity index (χ1) is 15.6. The van der Waals surface area contributed by atoms with E-state index in [2.05, 4.69) is 0 Å². The molecule has 1 N–H and O–H groups in total. The van der Waals surface area contributed by atoms with Crippen LogP contribution in [0.25, 0.3) is 0 Å². The molecule has 0 aliphatic rings. The molecule has 0 fully saturated rings. The third-order valence-electron chi connectivity index (χ3n) is 4.91. The Labute approximate surface area is 195 Å². The maximum absolute atomic E-state index is 13.2. The smallest absolute Gasteiger partial charge is 0.410 e. The van der Waals surface area contributed by atoms with Crippen LogP contribution in [0.2, 0.25) is 0 Å². The number of hydrogen-bond donors (Lipinski definition) is 1. The van der Waals surface area contributed by atoms with E-state index in [0.29, 0.717) is 18.5 Å². The van der Waals surface area contributed by atoms with Crippen LogP contribution in [0.1, 0.15) is 31.9 Å². The van der Waals surface area contributed by atoms with E-state index in [0.717, 1.165) is 5.56 Å². The highest BCUT2D eigenvalue weighted by Gasteiger charge is 2.25. The van der Waals surface area contributed by atoms with Gasteiger partial charge in [0.05, 0.1) is 9.79 Å². The molecule has 0 aromatic heterocycles. The van der Waals surface area contributed by atoms with E-state index in [1.807, 2.05) is 51.1 Å². The summed E-state index contributed by atoms with van der Waals surface area (Å²) in [6, 6.07) is 21.9. The summed E-state index contributed by atoms with van der Waals surface area (Å²) >= 11 is 0. The van der Waals surface area contributed by atoms with Gasteiger partial charge >= 0.3 is 6.09 Å². The lowest BCUT2D eigenvalue weighted by Gasteiger charge is -2.28. The van der Waals surface area contributed by atoms with Crippen molar-refractivity contribution >= 4 is 15.9 Å². The number of sulfone groups is 1. The fourth-order valence-electron chi connectivity index (χ4n) is 3.37. The van der Waals surface area contributed by atoms with Gasteiger partial charge in [0.1, 0.15) is 11.4 Å². The molecule has 1 amide bonds. The van der Waals surface area contributed by atoms with Crippen molar-refractivity contribution in [2.45, 2.75) is 49.1 Å². The molecule has 174 valence electrons. The predicted octanol–water partition coefficient (Wildman–Crippen LogP) is 5.20. The topological polar surface area (TPSA) is 83.9 Å². The van der Waals surface area contributed by atoms with Gasteiger partial charge in [0.2, 0.25) is 9.84 Å². The van der Waals surface area contributed by atoms with Crippen LogP contribution in [0.15, 0.2) is 88.7 Å². The normalized spacial score (nSPS) is 11.7. The molecule has 0 bridgehead atoms. The minimum Gasteiger partial charge on any atom is -0.508 e. The molecule has 0 heterocycles. The lowest BCUT2D eigenvalue weighted by atomic mass is 10.1. The highest BCUT2D eigenvalue weighted by molar-refractivity contribution is 7.91. The van der Waals surface area contributed by atoms with Gasteiger partial charge in [0.25, 0.3) is 0 Å². The summed E-state index contributed by atoms with van der Waals surface area (Å²) < 4.78 is 32.1. The Bertz CT molecular complexity index is 1200. The van der Waals surface area contributed by atoms with Crippen LogP contribution < -0.4 is 0 Å². The summed E-state index contributed by atoms with van der Waals surface area (Å²) in [5, 5.41) is 9.74. The second-order valence-corrected chi connectivity index (χ2v) is 10.7. The lowest BCUT2D eigenvalue weighted by molar-refractivity contribution is 0.0235. The Morgan fingerprint density at radius 1 is 0.939 bits per heavy atom. The van der Waals surface area contributed by atoms with Crippen molar-refractivity contribution in [2.24, 2.45) is 0 Å². The van der Waals surface area contributed by atoms with Gasteiger partial charge in [0, 0.05) is 13.1 Å². The van der Waals surface area contributed by atoms with Gasteiger partial charge in [-0.2, -0.15) is 0 Å². The van der Waals surface area contributed by atoms with Crippen molar-refractivity contribution in [3.8, 4) is 5.75 Å². The third-order valence-corrected chi connectivity index (χ3v) is 6.76. The summed E-state index contributed by atoms with van der Waals surface area (Å²) in [7, 11) is -3.84. The fourth-order valence-corrected chi connectivity index (χ4v) is 4.93. The second-order valence-electron chi connectivity index (χ2n) is 8.75. The monoisotopic (exact) mass is 467 g/mol. The largest absolute Gasteiger partial charge is 0.508 e. The highest BCUT2D eigenvalue weighted by atomic mass is 32.2. The molecule has 0 saturated carbocycles. The fraction of sp³-hybridized carbons (Fsp3) is 0.269. The van der Waals surface area contributed by atoms with Gasteiger partial charge in [-0.05, 0) is 62.6 Å². The molecule has 0 aliphatic carbocycles. The summed E-state index contributed by atoms with van der Waals surface area (Å²) in [4.78, 5) is 14.6. The standard InChI is InChI=1S/C26H29NO5S/c1-26(2,3)32-25(29)27(19-20-10-5-4-6-11-20)17-16-21-12-7-8-15-24(21)33(30,31)23-14-9-13-22(28)18-23/h4-15,18,28H,16-17,19H2,1-3H3. The molecule has 3 rings (SSSR count). The number of carbonyl (C=O) groups is 1. The molecule has 6 nitrogen and oxygen atoms in total. The van der Waals surface area contributed by atoms with E-state index in [1.165, 1.54) is 24.3 Å². The van der Waals surface area contributed by atoms with E-state index in [-0.39, 0.29) is 22.1 Å². The van der Waals surface area contributed by atoms with Crippen LogP contribution in [-0.4, -0.2) is 36.7 Å². The van der Waals surface area contributed by atoms with Crippen molar-refractivity contribution in [1.82, 2.24) is 4.90 Å². The Balaban J connectivity index is 1.87. The molecule has 3 aromatic rings. The van der Waals surface area contributed by atoms with Crippen LogP contribution in [0.4, 0.5) is 4.79 Å². The molecule has 0 spiro atoms. The number of aromatic hydroxyl groups is 1. The Hall–Kier alpha value is -3.32. The number of nitrogens with zero attached hydrogens (tertiary/aromatic N) is 1. The second kappa shape index (κ2) is 10.1. The average Bonchev–Trinajstić information content (AvgIpc) is 2.76. The zero-order valence-electron chi connectivity index (χ0n) is 19.1. The molecule has 33 heavy (non-hydrogen) atoms. The summed E-state index contributed by atoms with van der Waals surface area (Å²) in [5.74, 6) is -0.118. The maximum atomic E-state index is 13.2. The van der Waals surface area contributed by atoms with E-state index < -0.39 is 21.5 Å². The molecular weight excluding hydrogens is 438 g/mol. The zero-order valence-corrected chi connectivity index (χ0v) is 19.9. The molecule has 3 aromatic carbocycles. The molecule has 0 aliphatic heterocycles. The Morgan fingerprint density at radius 3 is 2.27 bits per heavy atom. The summed E-state index contributed by atoms with van der Waals surface area (Å²) in [6.45, 7) is 6.04. The van der Waals surface area contributed by atoms with Crippen LogP contribution >= 0.6 is 0 Å². The van der Waals surface area contributed by atoms with E-state index >= 15 is 0 Å². The Morgan fingerprint density at radius 2 is 1.61 bits per heavy atom. The summed E-state index contributed by atoms with van der Waals surface area (Å²) in [6.07, 6.45) is -0.139. The van der Waals surface area contributed by atoms with Crippen molar-refractivity contribution in [2.75, 3.05) is 6.54 Å². The molecular formula is C26H29NO5S. The highest BCUT2D eigenvalue weighted by Crippen LogP contribution is 2.27. The van der Waals surface area contributed by atoms with Crippen LogP contribution in [-0.2, 0) is 27.5 Å². The molecule has 0 atom stereocenters. The van der Waals surface area contributed by atoms with Crippen molar-refractivity contribution in [3.63, 3.8) is 0 Å². The zero-order chi connectivity index (χ0) is 24.1. The van der Waals surface area contributed by atoms with Crippen LogP contribution in [0, 0.1) is 0 Å². The van der Waals surface area contributed by atoms with Crippen LogP contribution in [0.3, 0.4) is 0 Å². The van der Waals surface area contributed by atoms with Gasteiger partial charge in [-0.3, -0.25) is 0 Å². The minimum absolute atomic E-state index is 0.0169. The van der Waals surface area contributed by atoms with E-state index in [4.69, 9.17) is 4.74 Å². The number of carbonyl (C=O) groups excluding carboxylic acids is 1. The minimum atomic E-state index is -3.84. The molecule has 7 heteroatoms. The number of amides is 1. The lowest BCUT2D eigenvalue weighted by Crippen LogP contribution is -2.37. The number of phenolic OH excluding ortho intramolecular Hbond substituents is 1. The van der Waals surface area contributed by atoms with Crippen molar-refractivity contribution in [1.29, 1.82) is 0 Å². The number of hydrogen-bond acceptors (Lipinski definition) is 5. The SMILES string of the molecule is CC(C)(C)OC(=O)N(CCc1ccccc1S(=O)(=O)c1cccc(O)c1)Cc1ccccc1. The quantitative estimate of drug-likeness (QED) is 0.516. The van der Waals surface area contributed by atoms with Gasteiger partial charge in [-0.15, -0.1) is 0 Å². The molecule has 0 saturated heterocycles. The molecule has 0 radical (unpaired) electrons. The third kappa shape index (κ3) is 6.58. The first kappa shape index (κ1) is 24.3. The molecule has 0 unspecified atom stereocenters. The maximum Gasteiger partial charge on any atom is 0.410 e. The van der Waals surface area contributed by atoms with E-state index in [9.17, 15) is 18.3 Å². The average molecular weight is 468 g/mol. The number of rotatable bonds is 7. The number of benzene rings is 3. The summed E-state index contributed by atoms with van der Waals surface area (Å²) in [5.41, 5.74) is 0.884. The first-order valence-electron chi connectivity index (χ1n) is 10.7. The first-order valence-corrected chi connectivity index (χ1v) is 12.2. The number of phenols is 1. The van der Waals surface area contributed by atoms with Crippen molar-refractivity contribution in [3.05, 3.63) is 90.0 Å². The van der Waals surface area contributed by atoms with Gasteiger partial charge in [-0.25, -0.2) is 13.2 Å². The number of ether oxygens (including phenoxy) is 1. The van der Waals surface area contributed by atoms with Gasteiger partial charge < -0.3 is 14.7 Å². The Kier molecular flexibility index (Phi) is 7.43. The van der Waals surface area contributed by atoms with Crippen LogP contribution in [0.5, 0.6) is 5.75 Å².